The van der Waals surface area contributed by atoms with Crippen LogP contribution in [0.3, 0.4) is 0 Å². The zero-order valence-electron chi connectivity index (χ0n) is 11.4. The summed E-state index contributed by atoms with van der Waals surface area (Å²) in [5.74, 6) is -0.356. The number of benzene rings is 1. The Balaban J connectivity index is 2.39. The van der Waals surface area contributed by atoms with Crippen LogP contribution < -0.4 is 10.0 Å². The smallest absolute Gasteiger partial charge is 0.241 e. The van der Waals surface area contributed by atoms with Crippen molar-refractivity contribution in [2.75, 3.05) is 7.05 Å². The molecule has 0 bridgehead atoms. The summed E-state index contributed by atoms with van der Waals surface area (Å²) in [4.78, 5) is 0.129. The van der Waals surface area contributed by atoms with Crippen LogP contribution in [0.2, 0.25) is 0 Å². The first-order valence-corrected chi connectivity index (χ1v) is 7.73. The van der Waals surface area contributed by atoms with Crippen molar-refractivity contribution in [3.05, 3.63) is 29.1 Å². The van der Waals surface area contributed by atoms with Crippen LogP contribution in [0.5, 0.6) is 0 Å². The van der Waals surface area contributed by atoms with Gasteiger partial charge in [0.25, 0.3) is 0 Å². The van der Waals surface area contributed by atoms with E-state index in [4.69, 9.17) is 0 Å². The summed E-state index contributed by atoms with van der Waals surface area (Å²) in [5.41, 5.74) is 0.377. The quantitative estimate of drug-likeness (QED) is 0.866. The zero-order valence-corrected chi connectivity index (χ0v) is 12.2. The summed E-state index contributed by atoms with van der Waals surface area (Å²) >= 11 is 0. The Hall–Kier alpha value is -0.980. The van der Waals surface area contributed by atoms with E-state index in [2.05, 4.69) is 10.0 Å². The molecule has 0 atom stereocenters. The van der Waals surface area contributed by atoms with Crippen molar-refractivity contribution in [3.8, 4) is 0 Å². The Morgan fingerprint density at radius 2 is 2.00 bits per heavy atom. The fourth-order valence-electron chi connectivity index (χ4n) is 1.95. The third kappa shape index (κ3) is 3.13. The van der Waals surface area contributed by atoms with Crippen LogP contribution in [-0.4, -0.2) is 21.0 Å². The van der Waals surface area contributed by atoms with E-state index in [-0.39, 0.29) is 16.3 Å². The lowest BCUT2D eigenvalue weighted by Crippen LogP contribution is -2.34. The number of hydrogen-bond donors (Lipinski definition) is 2. The molecule has 19 heavy (non-hydrogen) atoms. The molecule has 2 N–H and O–H groups in total. The van der Waals surface area contributed by atoms with Crippen LogP contribution >= 0.6 is 0 Å². The maximum Gasteiger partial charge on any atom is 0.241 e. The minimum absolute atomic E-state index is 0.129. The van der Waals surface area contributed by atoms with E-state index in [0.717, 1.165) is 12.8 Å². The maximum atomic E-state index is 13.9. The maximum absolute atomic E-state index is 13.9. The number of hydrogen-bond acceptors (Lipinski definition) is 3. The van der Waals surface area contributed by atoms with E-state index in [1.54, 1.807) is 14.0 Å². The first kappa shape index (κ1) is 14.4. The Bertz CT molecular complexity index is 595. The summed E-state index contributed by atoms with van der Waals surface area (Å²) in [5, 5.41) is 2.84. The van der Waals surface area contributed by atoms with Gasteiger partial charge < -0.3 is 5.32 Å². The van der Waals surface area contributed by atoms with Crippen molar-refractivity contribution in [2.45, 2.75) is 43.7 Å². The first-order valence-electron chi connectivity index (χ1n) is 6.25. The van der Waals surface area contributed by atoms with Gasteiger partial charge in [-0.05, 0) is 51.4 Å². The molecule has 0 heterocycles. The summed E-state index contributed by atoms with van der Waals surface area (Å²) in [6, 6.07) is 2.77. The molecule has 1 aliphatic rings. The number of nitrogens with one attached hydrogen (secondary N) is 2. The van der Waals surface area contributed by atoms with Crippen molar-refractivity contribution < 1.29 is 12.8 Å². The van der Waals surface area contributed by atoms with Gasteiger partial charge in [-0.15, -0.1) is 0 Å². The Morgan fingerprint density at radius 3 is 2.53 bits per heavy atom. The Kier molecular flexibility index (Phi) is 3.68. The molecular formula is C13H19FN2O2S. The summed E-state index contributed by atoms with van der Waals surface area (Å²) < 4.78 is 41.0. The predicted molar refractivity (Wildman–Crippen MR) is 71.9 cm³/mol. The lowest BCUT2D eigenvalue weighted by Gasteiger charge is -2.14. The highest BCUT2D eigenvalue weighted by molar-refractivity contribution is 7.89. The number of sulfonamides is 1. The van der Waals surface area contributed by atoms with Crippen LogP contribution in [-0.2, 0) is 16.6 Å². The Labute approximate surface area is 113 Å². The lowest BCUT2D eigenvalue weighted by atomic mass is 10.1. The molecule has 1 saturated carbocycles. The lowest BCUT2D eigenvalue weighted by molar-refractivity contribution is 0.555. The third-order valence-electron chi connectivity index (χ3n) is 3.36. The van der Waals surface area contributed by atoms with Crippen molar-refractivity contribution in [1.29, 1.82) is 0 Å². The van der Waals surface area contributed by atoms with Crippen molar-refractivity contribution in [3.63, 3.8) is 0 Å². The molecule has 4 nitrogen and oxygen atoms in total. The summed E-state index contributed by atoms with van der Waals surface area (Å²) in [6.45, 7) is 3.75. The van der Waals surface area contributed by atoms with Gasteiger partial charge in [-0.1, -0.05) is 0 Å². The monoisotopic (exact) mass is 286 g/mol. The number of rotatable bonds is 5. The summed E-state index contributed by atoms with van der Waals surface area (Å²) in [7, 11) is -1.89. The van der Waals surface area contributed by atoms with E-state index < -0.39 is 10.0 Å². The molecule has 2 rings (SSSR count). The topological polar surface area (TPSA) is 58.2 Å². The highest BCUT2D eigenvalue weighted by Crippen LogP contribution is 2.36. The molecule has 0 unspecified atom stereocenters. The van der Waals surface area contributed by atoms with Crippen molar-refractivity contribution >= 4 is 10.0 Å². The van der Waals surface area contributed by atoms with Gasteiger partial charge in [0.05, 0.1) is 4.90 Å². The SMILES string of the molecule is CNCc1cc(S(=O)(=O)NC2(C)CC2)cc(C)c1F. The van der Waals surface area contributed by atoms with Crippen LogP contribution in [0, 0.1) is 12.7 Å². The molecule has 1 aliphatic carbocycles. The molecule has 0 amide bonds. The van der Waals surface area contributed by atoms with Gasteiger partial charge in [0.2, 0.25) is 10.0 Å². The first-order chi connectivity index (χ1) is 8.77. The predicted octanol–water partition coefficient (Wildman–Crippen LogP) is 1.68. The van der Waals surface area contributed by atoms with Crippen molar-refractivity contribution in [1.82, 2.24) is 10.0 Å². The van der Waals surface area contributed by atoms with Gasteiger partial charge in [0.1, 0.15) is 5.82 Å². The molecule has 0 radical (unpaired) electrons. The van der Waals surface area contributed by atoms with Gasteiger partial charge in [-0.2, -0.15) is 0 Å². The second-order valence-electron chi connectivity index (χ2n) is 5.41. The van der Waals surface area contributed by atoms with E-state index >= 15 is 0 Å². The fourth-order valence-corrected chi connectivity index (χ4v) is 3.55. The molecule has 106 valence electrons. The van der Waals surface area contributed by atoms with Gasteiger partial charge in [0.15, 0.2) is 0 Å². The highest BCUT2D eigenvalue weighted by atomic mass is 32.2. The molecule has 0 saturated heterocycles. The van der Waals surface area contributed by atoms with Crippen LogP contribution in [0.15, 0.2) is 17.0 Å². The van der Waals surface area contributed by atoms with Crippen LogP contribution in [0.4, 0.5) is 4.39 Å². The minimum Gasteiger partial charge on any atom is -0.316 e. The molecule has 6 heteroatoms. The second kappa shape index (κ2) is 4.85. The average molecular weight is 286 g/mol. The molecule has 1 aromatic carbocycles. The zero-order chi connectivity index (χ0) is 14.3. The number of halogens is 1. The van der Waals surface area contributed by atoms with E-state index in [0.29, 0.717) is 17.7 Å². The minimum atomic E-state index is -3.58. The number of aryl methyl sites for hydroxylation is 1. The largest absolute Gasteiger partial charge is 0.316 e. The van der Waals surface area contributed by atoms with Gasteiger partial charge in [0, 0.05) is 17.6 Å². The average Bonchev–Trinajstić information content (AvgIpc) is 3.01. The molecule has 1 aromatic rings. The highest BCUT2D eigenvalue weighted by Gasteiger charge is 2.41. The van der Waals surface area contributed by atoms with Crippen LogP contribution in [0.25, 0.3) is 0 Å². The van der Waals surface area contributed by atoms with Gasteiger partial charge >= 0.3 is 0 Å². The molecule has 0 aromatic heterocycles. The van der Waals surface area contributed by atoms with E-state index in [9.17, 15) is 12.8 Å². The third-order valence-corrected chi connectivity index (χ3v) is 4.98. The fraction of sp³-hybridized carbons (Fsp3) is 0.538. The van der Waals surface area contributed by atoms with Crippen LogP contribution in [0.1, 0.15) is 30.9 Å². The van der Waals surface area contributed by atoms with Crippen molar-refractivity contribution in [2.24, 2.45) is 0 Å². The molecule has 0 spiro atoms. The van der Waals surface area contributed by atoms with E-state index in [1.807, 2.05) is 6.92 Å². The molecular weight excluding hydrogens is 267 g/mol. The normalized spacial score (nSPS) is 17.5. The second-order valence-corrected chi connectivity index (χ2v) is 7.09. The van der Waals surface area contributed by atoms with Gasteiger partial charge in [-0.3, -0.25) is 0 Å². The molecule has 1 fully saturated rings. The Morgan fingerprint density at radius 1 is 1.37 bits per heavy atom. The van der Waals surface area contributed by atoms with Gasteiger partial charge in [-0.25, -0.2) is 17.5 Å². The van der Waals surface area contributed by atoms with E-state index in [1.165, 1.54) is 12.1 Å². The summed E-state index contributed by atoms with van der Waals surface area (Å²) in [6.07, 6.45) is 1.69. The standard InChI is InChI=1S/C13H19FN2O2S/c1-9-6-11(7-10(8-15-3)12(9)14)19(17,18)16-13(2)4-5-13/h6-7,15-16H,4-5,8H2,1-3H3. The molecule has 0 aliphatic heterocycles.